The Labute approximate surface area is 170 Å². The zero-order chi connectivity index (χ0) is 22.3. The minimum absolute atomic E-state index is 0.0781. The SMILES string of the molecule is CN1C(N)=N[C@](C)(c2cc(NC(c3ccccn3)C(F)(F)F)ccc2F)CS1(=O)=O. The van der Waals surface area contributed by atoms with Crippen LogP contribution in [0.1, 0.15) is 24.2 Å². The third kappa shape index (κ3) is 4.18. The summed E-state index contributed by atoms with van der Waals surface area (Å²) in [5, 5.41) is 2.31. The van der Waals surface area contributed by atoms with E-state index in [0.717, 1.165) is 22.5 Å². The van der Waals surface area contributed by atoms with Crippen LogP contribution in [0.4, 0.5) is 23.2 Å². The maximum atomic E-state index is 14.6. The van der Waals surface area contributed by atoms with E-state index in [1.165, 1.54) is 38.4 Å². The number of halogens is 4. The summed E-state index contributed by atoms with van der Waals surface area (Å²) in [6, 6.07) is 5.14. The van der Waals surface area contributed by atoms with Crippen LogP contribution in [-0.2, 0) is 15.6 Å². The van der Waals surface area contributed by atoms with Crippen molar-refractivity contribution < 1.29 is 26.0 Å². The molecule has 0 saturated carbocycles. The van der Waals surface area contributed by atoms with Crippen LogP contribution in [0.3, 0.4) is 0 Å². The van der Waals surface area contributed by atoms with Gasteiger partial charge in [0.1, 0.15) is 11.4 Å². The second-order valence-electron chi connectivity index (χ2n) is 7.04. The lowest BCUT2D eigenvalue weighted by Gasteiger charge is -2.35. The number of hydrogen-bond acceptors (Lipinski definition) is 6. The maximum absolute atomic E-state index is 14.6. The molecule has 30 heavy (non-hydrogen) atoms. The Kier molecular flexibility index (Phi) is 5.39. The number of sulfonamides is 1. The van der Waals surface area contributed by atoms with E-state index in [4.69, 9.17) is 5.73 Å². The third-order valence-electron chi connectivity index (χ3n) is 4.73. The summed E-state index contributed by atoms with van der Waals surface area (Å²) >= 11 is 0. The molecular weight excluding hydrogens is 426 g/mol. The summed E-state index contributed by atoms with van der Waals surface area (Å²) in [7, 11) is -2.67. The largest absolute Gasteiger partial charge is 0.414 e. The molecule has 0 saturated heterocycles. The Morgan fingerprint density at radius 3 is 2.53 bits per heavy atom. The number of anilines is 1. The summed E-state index contributed by atoms with van der Waals surface area (Å²) in [5.41, 5.74) is 3.51. The summed E-state index contributed by atoms with van der Waals surface area (Å²) in [6.45, 7) is 1.35. The van der Waals surface area contributed by atoms with Gasteiger partial charge in [-0.1, -0.05) is 6.07 Å². The van der Waals surface area contributed by atoms with Crippen molar-refractivity contribution in [3.63, 3.8) is 0 Å². The van der Waals surface area contributed by atoms with Crippen LogP contribution in [0.2, 0.25) is 0 Å². The molecule has 1 aliphatic rings. The Balaban J connectivity index is 2.04. The fourth-order valence-electron chi connectivity index (χ4n) is 3.15. The average Bonchev–Trinajstić information content (AvgIpc) is 2.64. The highest BCUT2D eigenvalue weighted by molar-refractivity contribution is 7.89. The molecule has 0 bridgehead atoms. The van der Waals surface area contributed by atoms with Gasteiger partial charge in [-0.15, -0.1) is 0 Å². The predicted molar refractivity (Wildman–Crippen MR) is 104 cm³/mol. The summed E-state index contributed by atoms with van der Waals surface area (Å²) in [4.78, 5) is 7.83. The molecule has 2 heterocycles. The second-order valence-corrected chi connectivity index (χ2v) is 9.04. The Hall–Kier alpha value is -2.89. The molecule has 12 heteroatoms. The van der Waals surface area contributed by atoms with E-state index in [9.17, 15) is 26.0 Å². The number of nitrogens with one attached hydrogen (secondary N) is 1. The molecule has 1 aromatic heterocycles. The van der Waals surface area contributed by atoms with E-state index in [1.54, 1.807) is 0 Å². The van der Waals surface area contributed by atoms with Crippen molar-refractivity contribution in [1.29, 1.82) is 0 Å². The molecule has 0 fully saturated rings. The summed E-state index contributed by atoms with van der Waals surface area (Å²) < 4.78 is 80.8. The van der Waals surface area contributed by atoms with E-state index in [0.29, 0.717) is 0 Å². The quantitative estimate of drug-likeness (QED) is 0.705. The number of alkyl halides is 3. The molecule has 0 amide bonds. The first-order valence-electron chi connectivity index (χ1n) is 8.70. The van der Waals surface area contributed by atoms with E-state index >= 15 is 0 Å². The van der Waals surface area contributed by atoms with Crippen LogP contribution in [-0.4, -0.2) is 42.6 Å². The molecular formula is C18H19F4N5O2S. The van der Waals surface area contributed by atoms with Gasteiger partial charge in [0.05, 0.1) is 11.4 Å². The van der Waals surface area contributed by atoms with Crippen molar-refractivity contribution >= 4 is 21.7 Å². The van der Waals surface area contributed by atoms with Crippen molar-refractivity contribution in [3.8, 4) is 0 Å². The second kappa shape index (κ2) is 7.42. The highest BCUT2D eigenvalue weighted by Gasteiger charge is 2.44. The van der Waals surface area contributed by atoms with Gasteiger partial charge in [-0.25, -0.2) is 22.1 Å². The van der Waals surface area contributed by atoms with Gasteiger partial charge in [-0.05, 0) is 37.3 Å². The number of nitrogens with zero attached hydrogens (tertiary/aromatic N) is 3. The van der Waals surface area contributed by atoms with Gasteiger partial charge in [0, 0.05) is 24.5 Å². The molecule has 7 nitrogen and oxygen atoms in total. The van der Waals surface area contributed by atoms with Crippen molar-refractivity contribution in [2.45, 2.75) is 24.7 Å². The summed E-state index contributed by atoms with van der Waals surface area (Å²) in [6.07, 6.45) is -3.46. The fourth-order valence-corrected chi connectivity index (χ4v) is 4.60. The van der Waals surface area contributed by atoms with Gasteiger partial charge in [-0.3, -0.25) is 4.98 Å². The van der Waals surface area contributed by atoms with E-state index in [1.807, 2.05) is 0 Å². The molecule has 0 radical (unpaired) electrons. The number of hydrogen-bond donors (Lipinski definition) is 2. The highest BCUT2D eigenvalue weighted by atomic mass is 32.2. The lowest BCUT2D eigenvalue weighted by atomic mass is 9.93. The Bertz CT molecular complexity index is 1080. The third-order valence-corrected chi connectivity index (χ3v) is 6.68. The predicted octanol–water partition coefficient (Wildman–Crippen LogP) is 2.74. The lowest BCUT2D eigenvalue weighted by molar-refractivity contribution is -0.144. The standard InChI is InChI=1S/C18H19F4N5O2S/c1-17(10-30(28,29)27(2)16(23)26-17)12-9-11(6-7-13(12)19)25-15(18(20,21)22)14-5-3-4-8-24-14/h3-9,15,25H,10H2,1-2H3,(H2,23,26)/t15?,17-/m0/s1. The van der Waals surface area contributed by atoms with Gasteiger partial charge < -0.3 is 11.1 Å². The van der Waals surface area contributed by atoms with Crippen LogP contribution >= 0.6 is 0 Å². The van der Waals surface area contributed by atoms with Gasteiger partial charge >= 0.3 is 6.18 Å². The fraction of sp³-hybridized carbons (Fsp3) is 0.333. The molecule has 0 spiro atoms. The molecule has 1 aromatic carbocycles. The van der Waals surface area contributed by atoms with E-state index in [2.05, 4.69) is 15.3 Å². The first-order valence-corrected chi connectivity index (χ1v) is 10.3. The average molecular weight is 445 g/mol. The van der Waals surface area contributed by atoms with Crippen LogP contribution in [0.5, 0.6) is 0 Å². The monoisotopic (exact) mass is 445 g/mol. The molecule has 2 atom stereocenters. The van der Waals surface area contributed by atoms with Crippen molar-refractivity contribution in [3.05, 3.63) is 59.7 Å². The minimum atomic E-state index is -4.69. The zero-order valence-corrected chi connectivity index (χ0v) is 16.8. The van der Waals surface area contributed by atoms with Gasteiger partial charge in [0.15, 0.2) is 6.04 Å². The Morgan fingerprint density at radius 1 is 1.27 bits per heavy atom. The van der Waals surface area contributed by atoms with Crippen LogP contribution in [0, 0.1) is 5.82 Å². The minimum Gasteiger partial charge on any atom is -0.369 e. The number of pyridine rings is 1. The smallest absolute Gasteiger partial charge is 0.369 e. The molecule has 1 unspecified atom stereocenters. The molecule has 3 rings (SSSR count). The molecule has 0 aliphatic carbocycles. The molecule has 3 N–H and O–H groups in total. The van der Waals surface area contributed by atoms with Crippen molar-refractivity contribution in [2.75, 3.05) is 18.1 Å². The number of nitrogens with two attached hydrogens (primary N) is 1. The first kappa shape index (κ1) is 21.8. The van der Waals surface area contributed by atoms with Gasteiger partial charge in [-0.2, -0.15) is 13.2 Å². The normalized spacial score (nSPS) is 22.3. The number of benzene rings is 1. The number of rotatable bonds is 4. The topological polar surface area (TPSA) is 101 Å². The van der Waals surface area contributed by atoms with Crippen LogP contribution in [0.15, 0.2) is 47.6 Å². The van der Waals surface area contributed by atoms with Crippen molar-refractivity contribution in [1.82, 2.24) is 9.29 Å². The van der Waals surface area contributed by atoms with E-state index in [-0.39, 0.29) is 22.9 Å². The van der Waals surface area contributed by atoms with Gasteiger partial charge in [0.2, 0.25) is 16.0 Å². The number of aromatic nitrogens is 1. The molecule has 162 valence electrons. The first-order chi connectivity index (χ1) is 13.8. The lowest BCUT2D eigenvalue weighted by Crippen LogP contribution is -2.50. The summed E-state index contributed by atoms with van der Waals surface area (Å²) in [5.74, 6) is -1.76. The van der Waals surface area contributed by atoms with Gasteiger partial charge in [0.25, 0.3) is 0 Å². The van der Waals surface area contributed by atoms with E-state index < -0.39 is 39.4 Å². The number of aliphatic imine (C=N–C) groups is 1. The zero-order valence-electron chi connectivity index (χ0n) is 16.0. The van der Waals surface area contributed by atoms with Crippen molar-refractivity contribution in [2.24, 2.45) is 10.7 Å². The van der Waals surface area contributed by atoms with Crippen LogP contribution in [0.25, 0.3) is 0 Å². The molecule has 2 aromatic rings. The molecule has 1 aliphatic heterocycles. The number of guanidine groups is 1. The van der Waals surface area contributed by atoms with Crippen LogP contribution < -0.4 is 11.1 Å². The Morgan fingerprint density at radius 2 is 1.97 bits per heavy atom. The highest BCUT2D eigenvalue weighted by Crippen LogP contribution is 2.38. The maximum Gasteiger partial charge on any atom is 0.414 e.